The molecule has 0 bridgehead atoms. The van der Waals surface area contributed by atoms with Crippen molar-refractivity contribution in [1.29, 1.82) is 0 Å². The largest absolute Gasteiger partial charge is 0.447 e. The molecule has 4 atom stereocenters. The number of benzene rings is 12. The lowest BCUT2D eigenvalue weighted by molar-refractivity contribution is 0.0545. The van der Waals surface area contributed by atoms with Gasteiger partial charge in [-0.1, -0.05) is 218 Å². The lowest BCUT2D eigenvalue weighted by atomic mass is 10.3. The summed E-state index contributed by atoms with van der Waals surface area (Å²) in [5.41, 5.74) is 0. The highest BCUT2D eigenvalue weighted by atomic mass is 31.3. The van der Waals surface area contributed by atoms with Crippen molar-refractivity contribution in [2.45, 2.75) is 0 Å². The Bertz CT molecular complexity index is 4030. The van der Waals surface area contributed by atoms with Crippen molar-refractivity contribution in [3.05, 3.63) is 364 Å². The molecular formula is C72H60N6O12P6. The molecule has 0 amide bonds. The van der Waals surface area contributed by atoms with E-state index in [1.54, 1.807) is 18.4 Å². The Hall–Kier alpha value is -9.74. The van der Waals surface area contributed by atoms with Gasteiger partial charge in [0, 0.05) is 18.4 Å². The third kappa shape index (κ3) is 17.2. The molecule has 14 rings (SSSR count). The van der Waals surface area contributed by atoms with Crippen LogP contribution in [0.15, 0.2) is 373 Å². The fourth-order valence-corrected chi connectivity index (χ4v) is 23.7. The zero-order valence-corrected chi connectivity index (χ0v) is 56.3. The van der Waals surface area contributed by atoms with Gasteiger partial charge in [-0.2, -0.15) is 0 Å². The summed E-state index contributed by atoms with van der Waals surface area (Å²) in [5, 5.41) is 0. The van der Waals surface area contributed by atoms with Crippen molar-refractivity contribution in [2.24, 2.45) is 9.03 Å². The van der Waals surface area contributed by atoms with Crippen molar-refractivity contribution >= 4 is 49.1 Å². The van der Waals surface area contributed by atoms with E-state index in [1.165, 1.54) is 0 Å². The van der Waals surface area contributed by atoms with Gasteiger partial charge < -0.3 is 55.5 Å². The van der Waals surface area contributed by atoms with Gasteiger partial charge in [0.25, 0.3) is 0 Å². The number of rotatable bonds is 24. The Morgan fingerprint density at radius 2 is 0.375 bits per heavy atom. The topological polar surface area (TPSA) is 148 Å². The fourth-order valence-electron chi connectivity index (χ4n) is 8.67. The normalized spacial score (nSPS) is 17.3. The van der Waals surface area contributed by atoms with Crippen LogP contribution in [0, 0.1) is 0 Å². The van der Waals surface area contributed by atoms with Crippen molar-refractivity contribution in [3.8, 4) is 69.0 Å². The van der Waals surface area contributed by atoms with Gasteiger partial charge in [0.1, 0.15) is 69.0 Å². The lowest BCUT2D eigenvalue weighted by Gasteiger charge is -2.43. The molecule has 24 heteroatoms. The quantitative estimate of drug-likeness (QED) is 0.0528. The molecule has 480 valence electrons. The molecule has 12 aromatic carbocycles. The van der Waals surface area contributed by atoms with Crippen LogP contribution >= 0.6 is 49.1 Å². The van der Waals surface area contributed by atoms with E-state index in [-0.39, 0.29) is 0 Å². The SMILES string of the molecule is c1ccc(ON2P(Oc3ccccc3)N=P(Oc3ccccc3)(Oc3ccccc3)N(Oc3ccccc3)P2Oc2ccccc2)cc1.c1ccc(ON2P(Oc3ccccc3)N=P(Oc3ccccc3)(Oc3ccccc3)N(Oc3ccccc3)P2Oc2ccccc2)cc1. The van der Waals surface area contributed by atoms with Gasteiger partial charge in [0.2, 0.25) is 0 Å². The lowest BCUT2D eigenvalue weighted by Crippen LogP contribution is -2.37. The average molecular weight is 1390 g/mol. The van der Waals surface area contributed by atoms with E-state index in [0.717, 1.165) is 0 Å². The summed E-state index contributed by atoms with van der Waals surface area (Å²) >= 11 is 0. The maximum atomic E-state index is 6.88. The van der Waals surface area contributed by atoms with Gasteiger partial charge in [-0.05, 0) is 146 Å². The molecule has 0 fully saturated rings. The second-order valence-electron chi connectivity index (χ2n) is 20.0. The van der Waals surface area contributed by atoms with Gasteiger partial charge >= 0.3 is 49.1 Å². The van der Waals surface area contributed by atoms with Crippen LogP contribution in [0.2, 0.25) is 0 Å². The average Bonchev–Trinajstić information content (AvgIpc) is 0.752. The highest BCUT2D eigenvalue weighted by molar-refractivity contribution is 7.79. The van der Waals surface area contributed by atoms with Gasteiger partial charge in [-0.25, -0.2) is 0 Å². The van der Waals surface area contributed by atoms with Crippen LogP contribution in [-0.4, -0.2) is 18.4 Å². The van der Waals surface area contributed by atoms with E-state index in [0.29, 0.717) is 69.0 Å². The summed E-state index contributed by atoms with van der Waals surface area (Å²) in [5.74, 6) is 6.54. The van der Waals surface area contributed by atoms with Crippen LogP contribution in [0.25, 0.3) is 0 Å². The minimum absolute atomic E-state index is 0.518. The summed E-state index contributed by atoms with van der Waals surface area (Å²) in [6, 6.07) is 113. The first-order chi connectivity index (χ1) is 47.5. The van der Waals surface area contributed by atoms with E-state index in [2.05, 4.69) is 0 Å². The Morgan fingerprint density at radius 1 is 0.198 bits per heavy atom. The molecule has 0 radical (unpaired) electrons. The maximum Gasteiger partial charge on any atom is 0.447 e. The highest BCUT2D eigenvalue weighted by Gasteiger charge is 2.60. The minimum atomic E-state index is -3.72. The van der Waals surface area contributed by atoms with Gasteiger partial charge in [-0.15, -0.1) is 9.03 Å². The van der Waals surface area contributed by atoms with Crippen molar-refractivity contribution in [1.82, 2.24) is 18.4 Å². The number of para-hydroxylation sites is 12. The smallest absolute Gasteiger partial charge is 0.440 e. The third-order valence-electron chi connectivity index (χ3n) is 13.0. The van der Waals surface area contributed by atoms with Crippen LogP contribution in [0.1, 0.15) is 0 Å². The molecule has 2 aliphatic rings. The highest BCUT2D eigenvalue weighted by Crippen LogP contribution is 2.79. The molecule has 0 spiro atoms. The Balaban J connectivity index is 0.000000174. The number of nitrogens with zero attached hydrogens (tertiary/aromatic N) is 6. The van der Waals surface area contributed by atoms with Crippen molar-refractivity contribution in [2.75, 3.05) is 0 Å². The van der Waals surface area contributed by atoms with Crippen molar-refractivity contribution < 1.29 is 55.5 Å². The first-order valence-corrected chi connectivity index (χ1v) is 37.7. The predicted molar refractivity (Wildman–Crippen MR) is 379 cm³/mol. The Labute approximate surface area is 562 Å². The molecule has 0 aromatic heterocycles. The van der Waals surface area contributed by atoms with Crippen LogP contribution in [0.5, 0.6) is 69.0 Å². The maximum absolute atomic E-state index is 6.88. The molecule has 4 unspecified atom stereocenters. The minimum Gasteiger partial charge on any atom is -0.440 e. The van der Waals surface area contributed by atoms with Gasteiger partial charge in [-0.3, -0.25) is 0 Å². The van der Waals surface area contributed by atoms with Crippen molar-refractivity contribution in [3.63, 3.8) is 0 Å². The summed E-state index contributed by atoms with van der Waals surface area (Å²) in [7, 11) is -15.7. The van der Waals surface area contributed by atoms with Gasteiger partial charge in [0.05, 0.1) is 0 Å². The van der Waals surface area contributed by atoms with Crippen LogP contribution in [-0.2, 0) is 0 Å². The van der Waals surface area contributed by atoms with E-state index in [1.807, 2.05) is 364 Å². The van der Waals surface area contributed by atoms with E-state index >= 15 is 0 Å². The first-order valence-electron chi connectivity index (χ1n) is 30.0. The molecule has 96 heavy (non-hydrogen) atoms. The molecule has 2 heterocycles. The zero-order chi connectivity index (χ0) is 64.9. The fraction of sp³-hybridized carbons (Fsp3) is 0. The van der Waals surface area contributed by atoms with Crippen LogP contribution in [0.3, 0.4) is 0 Å². The molecule has 18 nitrogen and oxygen atoms in total. The summed E-state index contributed by atoms with van der Waals surface area (Å²) < 4.78 is 71.5. The molecule has 0 aliphatic carbocycles. The Kier molecular flexibility index (Phi) is 22.1. The van der Waals surface area contributed by atoms with Crippen LogP contribution < -0.4 is 55.5 Å². The summed E-state index contributed by atoms with van der Waals surface area (Å²) in [6.07, 6.45) is 0. The third-order valence-corrected chi connectivity index (χ3v) is 26.7. The summed E-state index contributed by atoms with van der Waals surface area (Å²) in [4.78, 5) is 26.7. The monoisotopic (exact) mass is 1390 g/mol. The second-order valence-corrected chi connectivity index (χ2v) is 31.1. The first kappa shape index (κ1) is 64.9. The number of hydrogen-bond donors (Lipinski definition) is 0. The zero-order valence-electron chi connectivity index (χ0n) is 50.9. The standard InChI is InChI=1S/2C36H30N3O6P3/c2*1-7-19-31(20-8-1)40-38-46(42-33-23-11-3-12-24-33)37-48(44-35-27-15-5-16-28-35,45-36-29-17-6-18-30-36)39(41-32-21-9-2-10-22-32)47(38)43-34-25-13-4-14-26-34/h2*1-30H. The predicted octanol–water partition coefficient (Wildman–Crippen LogP) is 22.6. The molecular weight excluding hydrogens is 1330 g/mol. The molecule has 2 aliphatic heterocycles. The summed E-state index contributed by atoms with van der Waals surface area (Å²) in [6.45, 7) is 0. The molecule has 0 N–H and O–H groups in total. The number of hydrogen-bond acceptors (Lipinski definition) is 18. The second kappa shape index (κ2) is 32.6. The van der Waals surface area contributed by atoms with Crippen LogP contribution in [0.4, 0.5) is 0 Å². The van der Waals surface area contributed by atoms with E-state index in [4.69, 9.17) is 64.6 Å². The Morgan fingerprint density at radius 3 is 0.594 bits per heavy atom. The van der Waals surface area contributed by atoms with E-state index < -0.39 is 49.1 Å². The molecule has 0 saturated carbocycles. The molecule has 12 aromatic rings. The van der Waals surface area contributed by atoms with Gasteiger partial charge in [0.15, 0.2) is 0 Å². The van der Waals surface area contributed by atoms with E-state index in [9.17, 15) is 0 Å². The molecule has 0 saturated heterocycles.